The maximum Gasteiger partial charge on any atom is 0.241 e. The van der Waals surface area contributed by atoms with Gasteiger partial charge in [-0.2, -0.15) is 0 Å². The molecule has 1 heterocycles. The van der Waals surface area contributed by atoms with Crippen molar-refractivity contribution in [2.75, 3.05) is 21.3 Å². The van der Waals surface area contributed by atoms with Gasteiger partial charge in [0.1, 0.15) is 0 Å². The summed E-state index contributed by atoms with van der Waals surface area (Å²) < 4.78 is 10.5. The standard InChI is InChI=1S/C15H22N2O3/c1-15(2)16-11(14(18)17(15)3)8-10-6-7-12(19-4)13(9-10)20-5/h6-7,9,11,16H,8H2,1-5H3/t11-/m0/s1. The number of carbonyl (C=O) groups excluding carboxylic acids is 1. The molecule has 1 atom stereocenters. The predicted octanol–water partition coefficient (Wildman–Crippen LogP) is 1.41. The third-order valence-corrected chi connectivity index (χ3v) is 3.88. The second-order valence-corrected chi connectivity index (χ2v) is 5.55. The monoisotopic (exact) mass is 278 g/mol. The van der Waals surface area contributed by atoms with Crippen LogP contribution in [0.4, 0.5) is 0 Å². The molecule has 0 aliphatic carbocycles. The first-order valence-electron chi connectivity index (χ1n) is 6.65. The Bertz CT molecular complexity index is 514. The Hall–Kier alpha value is -1.75. The van der Waals surface area contributed by atoms with E-state index in [2.05, 4.69) is 5.32 Å². The van der Waals surface area contributed by atoms with Gasteiger partial charge in [-0.3, -0.25) is 10.1 Å². The molecule has 2 rings (SSSR count). The number of nitrogens with one attached hydrogen (secondary N) is 1. The van der Waals surface area contributed by atoms with E-state index >= 15 is 0 Å². The highest BCUT2D eigenvalue weighted by Gasteiger charge is 2.41. The lowest BCUT2D eigenvalue weighted by Crippen LogP contribution is -2.45. The van der Waals surface area contributed by atoms with Crippen LogP contribution in [0.25, 0.3) is 0 Å². The van der Waals surface area contributed by atoms with Crippen LogP contribution in [-0.2, 0) is 11.2 Å². The molecule has 0 unspecified atom stereocenters. The van der Waals surface area contributed by atoms with E-state index in [1.54, 1.807) is 19.1 Å². The van der Waals surface area contributed by atoms with Crippen LogP contribution in [0.2, 0.25) is 0 Å². The molecule has 110 valence electrons. The molecule has 1 fully saturated rings. The molecule has 1 aliphatic rings. The number of carbonyl (C=O) groups is 1. The third-order valence-electron chi connectivity index (χ3n) is 3.88. The predicted molar refractivity (Wildman–Crippen MR) is 77.0 cm³/mol. The van der Waals surface area contributed by atoms with Crippen LogP contribution in [0.1, 0.15) is 19.4 Å². The number of methoxy groups -OCH3 is 2. The summed E-state index contributed by atoms with van der Waals surface area (Å²) >= 11 is 0. The first-order valence-corrected chi connectivity index (χ1v) is 6.65. The van der Waals surface area contributed by atoms with Crippen LogP contribution in [0.5, 0.6) is 11.5 Å². The van der Waals surface area contributed by atoms with Gasteiger partial charge in [0.05, 0.1) is 25.9 Å². The van der Waals surface area contributed by atoms with Crippen LogP contribution >= 0.6 is 0 Å². The highest BCUT2D eigenvalue weighted by Crippen LogP contribution is 2.29. The number of hydrogen-bond donors (Lipinski definition) is 1. The van der Waals surface area contributed by atoms with Gasteiger partial charge in [0, 0.05) is 7.05 Å². The molecule has 20 heavy (non-hydrogen) atoms. The Labute approximate surface area is 119 Å². The summed E-state index contributed by atoms with van der Waals surface area (Å²) in [5.41, 5.74) is 0.734. The molecule has 1 aliphatic heterocycles. The molecule has 1 amide bonds. The number of hydrogen-bond acceptors (Lipinski definition) is 4. The van der Waals surface area contributed by atoms with E-state index in [9.17, 15) is 4.79 Å². The van der Waals surface area contributed by atoms with Crippen molar-refractivity contribution in [1.82, 2.24) is 10.2 Å². The smallest absolute Gasteiger partial charge is 0.241 e. The number of rotatable bonds is 4. The minimum atomic E-state index is -0.307. The number of amides is 1. The van der Waals surface area contributed by atoms with Crippen molar-refractivity contribution in [3.63, 3.8) is 0 Å². The van der Waals surface area contributed by atoms with Crippen LogP contribution in [-0.4, -0.2) is 43.8 Å². The minimum absolute atomic E-state index is 0.116. The van der Waals surface area contributed by atoms with Crippen molar-refractivity contribution in [3.8, 4) is 11.5 Å². The molecular weight excluding hydrogens is 256 g/mol. The maximum atomic E-state index is 12.2. The summed E-state index contributed by atoms with van der Waals surface area (Å²) in [5.74, 6) is 1.49. The molecular formula is C15H22N2O3. The second-order valence-electron chi connectivity index (χ2n) is 5.55. The largest absolute Gasteiger partial charge is 0.493 e. The van der Waals surface area contributed by atoms with E-state index in [4.69, 9.17) is 9.47 Å². The lowest BCUT2D eigenvalue weighted by Gasteiger charge is -2.27. The SMILES string of the molecule is COc1ccc(C[C@@H]2NC(C)(C)N(C)C2=O)cc1OC. The Morgan fingerprint density at radius 3 is 2.40 bits per heavy atom. The molecule has 1 N–H and O–H groups in total. The van der Waals surface area contributed by atoms with Crippen molar-refractivity contribution in [3.05, 3.63) is 23.8 Å². The fourth-order valence-electron chi connectivity index (χ4n) is 2.48. The highest BCUT2D eigenvalue weighted by atomic mass is 16.5. The first-order chi connectivity index (χ1) is 9.39. The molecule has 0 radical (unpaired) electrons. The van der Waals surface area contributed by atoms with Gasteiger partial charge in [0.25, 0.3) is 0 Å². The number of nitrogens with zero attached hydrogens (tertiary/aromatic N) is 1. The summed E-state index contributed by atoms with van der Waals surface area (Å²) in [4.78, 5) is 14.0. The van der Waals surface area contributed by atoms with Gasteiger partial charge in [-0.05, 0) is 38.0 Å². The summed E-state index contributed by atoms with van der Waals surface area (Å²) in [7, 11) is 5.04. The zero-order valence-electron chi connectivity index (χ0n) is 12.7. The average molecular weight is 278 g/mol. The number of ether oxygens (including phenoxy) is 2. The fourth-order valence-corrected chi connectivity index (χ4v) is 2.48. The van der Waals surface area contributed by atoms with Crippen LogP contribution in [0, 0.1) is 0 Å². The molecule has 0 spiro atoms. The van der Waals surface area contributed by atoms with Gasteiger partial charge in [-0.1, -0.05) is 6.07 Å². The Morgan fingerprint density at radius 2 is 1.90 bits per heavy atom. The van der Waals surface area contributed by atoms with Crippen molar-refractivity contribution in [2.24, 2.45) is 0 Å². The Morgan fingerprint density at radius 1 is 1.25 bits per heavy atom. The van der Waals surface area contributed by atoms with E-state index < -0.39 is 0 Å². The zero-order valence-corrected chi connectivity index (χ0v) is 12.7. The Balaban J connectivity index is 2.17. The normalized spacial score (nSPS) is 21.1. The molecule has 1 saturated heterocycles. The summed E-state index contributed by atoms with van der Waals surface area (Å²) in [6, 6.07) is 5.54. The number of likely N-dealkylation sites (N-methyl/N-ethyl adjacent to an activating group) is 1. The molecule has 1 aromatic carbocycles. The lowest BCUT2D eigenvalue weighted by molar-refractivity contribution is -0.129. The van der Waals surface area contributed by atoms with E-state index in [0.717, 1.165) is 5.56 Å². The van der Waals surface area contributed by atoms with Crippen molar-refractivity contribution < 1.29 is 14.3 Å². The Kier molecular flexibility index (Phi) is 3.90. The molecule has 1 aromatic rings. The summed E-state index contributed by atoms with van der Waals surface area (Å²) in [6.07, 6.45) is 0.632. The fraction of sp³-hybridized carbons (Fsp3) is 0.533. The van der Waals surface area contributed by atoms with E-state index in [1.807, 2.05) is 39.1 Å². The van der Waals surface area contributed by atoms with Gasteiger partial charge in [0.2, 0.25) is 5.91 Å². The highest BCUT2D eigenvalue weighted by molar-refractivity contribution is 5.85. The molecule has 0 saturated carbocycles. The molecule has 5 nitrogen and oxygen atoms in total. The van der Waals surface area contributed by atoms with Gasteiger partial charge in [-0.15, -0.1) is 0 Å². The number of benzene rings is 1. The van der Waals surface area contributed by atoms with E-state index in [1.165, 1.54) is 0 Å². The first kappa shape index (κ1) is 14.7. The van der Waals surface area contributed by atoms with Crippen LogP contribution in [0.15, 0.2) is 18.2 Å². The maximum absolute atomic E-state index is 12.2. The van der Waals surface area contributed by atoms with Crippen molar-refractivity contribution >= 4 is 5.91 Å². The summed E-state index contributed by atoms with van der Waals surface area (Å²) in [6.45, 7) is 4.00. The zero-order chi connectivity index (χ0) is 14.9. The van der Waals surface area contributed by atoms with E-state index in [0.29, 0.717) is 17.9 Å². The molecule has 5 heteroatoms. The van der Waals surface area contributed by atoms with Crippen molar-refractivity contribution in [1.29, 1.82) is 0 Å². The van der Waals surface area contributed by atoms with Crippen LogP contribution < -0.4 is 14.8 Å². The quantitative estimate of drug-likeness (QED) is 0.905. The molecule has 0 aromatic heterocycles. The van der Waals surface area contributed by atoms with E-state index in [-0.39, 0.29) is 17.6 Å². The average Bonchev–Trinajstić information content (AvgIpc) is 2.62. The van der Waals surface area contributed by atoms with Gasteiger partial charge >= 0.3 is 0 Å². The van der Waals surface area contributed by atoms with Gasteiger partial charge < -0.3 is 14.4 Å². The summed E-state index contributed by atoms with van der Waals surface area (Å²) in [5, 5.41) is 3.35. The topological polar surface area (TPSA) is 50.8 Å². The second kappa shape index (κ2) is 5.32. The van der Waals surface area contributed by atoms with Gasteiger partial charge in [-0.25, -0.2) is 0 Å². The van der Waals surface area contributed by atoms with Gasteiger partial charge in [0.15, 0.2) is 11.5 Å². The lowest BCUT2D eigenvalue weighted by atomic mass is 10.1. The molecule has 0 bridgehead atoms. The minimum Gasteiger partial charge on any atom is -0.493 e. The third kappa shape index (κ3) is 2.58. The van der Waals surface area contributed by atoms with Crippen LogP contribution in [0.3, 0.4) is 0 Å². The van der Waals surface area contributed by atoms with Crippen molar-refractivity contribution in [2.45, 2.75) is 32.0 Å².